The van der Waals surface area contributed by atoms with Gasteiger partial charge in [-0.15, -0.1) is 0 Å². The van der Waals surface area contributed by atoms with Crippen LogP contribution in [-0.4, -0.2) is 24.6 Å². The van der Waals surface area contributed by atoms with Gasteiger partial charge < -0.3 is 9.64 Å². The molecule has 0 bridgehead atoms. The minimum atomic E-state index is -0.120. The molecule has 1 saturated heterocycles. The largest absolute Gasteiger partial charge is 0.468 e. The molecule has 3 nitrogen and oxygen atoms in total. The third-order valence-corrected chi connectivity index (χ3v) is 1.02. The fourth-order valence-electron chi connectivity index (χ4n) is 0.508. The maximum absolute atomic E-state index is 10.6. The second-order valence-corrected chi connectivity index (χ2v) is 1.70. The lowest BCUT2D eigenvalue weighted by atomic mass is 10.5. The number of rotatable bonds is 0. The van der Waals surface area contributed by atoms with Crippen LogP contribution in [0.25, 0.3) is 0 Å². The van der Waals surface area contributed by atoms with Crippen LogP contribution in [0.4, 0.5) is 0 Å². The zero-order chi connectivity index (χ0) is 6.15. The molecule has 0 aromatic rings. The summed E-state index contributed by atoms with van der Waals surface area (Å²) in [4.78, 5) is 12.1. The van der Waals surface area contributed by atoms with Crippen molar-refractivity contribution < 1.29 is 9.53 Å². The molecule has 1 aliphatic rings. The monoisotopic (exact) mass is 113 g/mol. The lowest BCUT2D eigenvalue weighted by Crippen LogP contribution is -2.18. The zero-order valence-electron chi connectivity index (χ0n) is 4.68. The molecule has 0 aromatic heterocycles. The summed E-state index contributed by atoms with van der Waals surface area (Å²) in [6.07, 6.45) is 0. The quantitative estimate of drug-likeness (QED) is 0.412. The average molecular weight is 113 g/mol. The summed E-state index contributed by atoms with van der Waals surface area (Å²) in [5.74, 6) is 0.123. The highest BCUT2D eigenvalue weighted by Gasteiger charge is 2.21. The number of nitrogens with zero attached hydrogens (tertiary/aromatic N) is 1. The van der Waals surface area contributed by atoms with Crippen LogP contribution < -0.4 is 0 Å². The van der Waals surface area contributed by atoms with Crippen molar-refractivity contribution in [1.29, 1.82) is 0 Å². The van der Waals surface area contributed by atoms with Gasteiger partial charge in [-0.25, -0.2) is 0 Å². The van der Waals surface area contributed by atoms with E-state index >= 15 is 0 Å². The molecule has 0 unspecified atom stereocenters. The predicted octanol–water partition coefficient (Wildman–Crippen LogP) is -0.0538. The van der Waals surface area contributed by atoms with E-state index in [2.05, 4.69) is 6.58 Å². The Morgan fingerprint density at radius 1 is 1.88 bits per heavy atom. The second kappa shape index (κ2) is 1.51. The highest BCUT2D eigenvalue weighted by molar-refractivity contribution is 5.91. The summed E-state index contributed by atoms with van der Waals surface area (Å²) in [6.45, 7) is 3.72. The van der Waals surface area contributed by atoms with Crippen LogP contribution in [0.3, 0.4) is 0 Å². The van der Waals surface area contributed by atoms with Crippen LogP contribution in [0, 0.1) is 0 Å². The molecule has 1 amide bonds. The first kappa shape index (κ1) is 5.15. The third-order valence-electron chi connectivity index (χ3n) is 1.02. The maximum Gasteiger partial charge on any atom is 0.290 e. The van der Waals surface area contributed by atoms with Crippen LogP contribution in [0.2, 0.25) is 0 Å². The molecule has 8 heavy (non-hydrogen) atoms. The normalized spacial score (nSPS) is 19.4. The first-order valence-electron chi connectivity index (χ1n) is 2.29. The zero-order valence-corrected chi connectivity index (χ0v) is 4.68. The number of carbonyl (C=O) groups is 1. The second-order valence-electron chi connectivity index (χ2n) is 1.70. The molecule has 1 aliphatic heterocycles. The average Bonchev–Trinajstić information content (AvgIpc) is 1.98. The van der Waals surface area contributed by atoms with Crippen molar-refractivity contribution in [2.75, 3.05) is 13.8 Å². The highest BCUT2D eigenvalue weighted by atomic mass is 16.5. The Morgan fingerprint density at radius 3 is 2.62 bits per heavy atom. The Labute approximate surface area is 47.5 Å². The fraction of sp³-hybridized carbons (Fsp3) is 0.400. The molecule has 1 rings (SSSR count). The van der Waals surface area contributed by atoms with E-state index in [1.54, 1.807) is 7.05 Å². The van der Waals surface area contributed by atoms with Gasteiger partial charge in [-0.1, -0.05) is 6.58 Å². The number of hydrogen-bond acceptors (Lipinski definition) is 2. The van der Waals surface area contributed by atoms with E-state index in [-0.39, 0.29) is 11.7 Å². The molecule has 0 atom stereocenters. The molecule has 0 spiro atoms. The molecule has 0 aliphatic carbocycles. The number of hydrogen-bond donors (Lipinski definition) is 0. The number of likely N-dealkylation sites (N-methyl/N-ethyl adjacent to an activating group) is 1. The maximum atomic E-state index is 10.6. The predicted molar refractivity (Wildman–Crippen MR) is 27.9 cm³/mol. The fourth-order valence-corrected chi connectivity index (χ4v) is 0.508. The Kier molecular flexibility index (Phi) is 0.970. The molecule has 0 aromatic carbocycles. The van der Waals surface area contributed by atoms with Crippen molar-refractivity contribution in [2.24, 2.45) is 0 Å². The number of amides is 1. The molecular formula is C5H7NO2. The molecule has 1 heterocycles. The Bertz CT molecular complexity index is 141. The van der Waals surface area contributed by atoms with Crippen LogP contribution in [-0.2, 0) is 9.53 Å². The van der Waals surface area contributed by atoms with E-state index in [9.17, 15) is 4.79 Å². The van der Waals surface area contributed by atoms with Crippen LogP contribution in [0.5, 0.6) is 0 Å². The smallest absolute Gasteiger partial charge is 0.290 e. The van der Waals surface area contributed by atoms with Gasteiger partial charge in [-0.05, 0) is 0 Å². The van der Waals surface area contributed by atoms with Gasteiger partial charge >= 0.3 is 0 Å². The first-order valence-corrected chi connectivity index (χ1v) is 2.29. The summed E-state index contributed by atoms with van der Waals surface area (Å²) >= 11 is 0. The molecule has 1 fully saturated rings. The standard InChI is InChI=1S/C5H7NO2/c1-4-5(7)6(2)3-8-4/h1,3H2,2H3. The van der Waals surface area contributed by atoms with Gasteiger partial charge in [0.25, 0.3) is 5.91 Å². The number of carbonyl (C=O) groups excluding carboxylic acids is 1. The van der Waals surface area contributed by atoms with Crippen molar-refractivity contribution in [3.8, 4) is 0 Å². The third kappa shape index (κ3) is 0.559. The van der Waals surface area contributed by atoms with Gasteiger partial charge in [0.1, 0.15) is 0 Å². The van der Waals surface area contributed by atoms with E-state index < -0.39 is 0 Å². The van der Waals surface area contributed by atoms with E-state index in [4.69, 9.17) is 4.74 Å². The summed E-state index contributed by atoms with van der Waals surface area (Å²) in [6, 6.07) is 0. The first-order chi connectivity index (χ1) is 3.72. The molecular weight excluding hydrogens is 106 g/mol. The van der Waals surface area contributed by atoms with Crippen molar-refractivity contribution in [2.45, 2.75) is 0 Å². The lowest BCUT2D eigenvalue weighted by Gasteiger charge is -1.99. The summed E-state index contributed by atoms with van der Waals surface area (Å²) < 4.78 is 4.76. The van der Waals surface area contributed by atoms with Gasteiger partial charge in [0.05, 0.1) is 0 Å². The minimum Gasteiger partial charge on any atom is -0.468 e. The van der Waals surface area contributed by atoms with E-state index in [1.807, 2.05) is 0 Å². The van der Waals surface area contributed by atoms with E-state index in [0.717, 1.165) is 0 Å². The topological polar surface area (TPSA) is 29.5 Å². The molecule has 0 saturated carbocycles. The van der Waals surface area contributed by atoms with Crippen LogP contribution in [0.1, 0.15) is 0 Å². The van der Waals surface area contributed by atoms with Crippen molar-refractivity contribution >= 4 is 5.91 Å². The van der Waals surface area contributed by atoms with Crippen LogP contribution in [0.15, 0.2) is 12.3 Å². The molecule has 44 valence electrons. The Hall–Kier alpha value is -0.990. The SMILES string of the molecule is C=C1OCN(C)C1=O. The van der Waals surface area contributed by atoms with Gasteiger partial charge in [0, 0.05) is 7.05 Å². The van der Waals surface area contributed by atoms with Crippen molar-refractivity contribution in [3.63, 3.8) is 0 Å². The van der Waals surface area contributed by atoms with Gasteiger partial charge in [0.15, 0.2) is 12.5 Å². The van der Waals surface area contributed by atoms with Gasteiger partial charge in [-0.3, -0.25) is 4.79 Å². The lowest BCUT2D eigenvalue weighted by molar-refractivity contribution is -0.123. The van der Waals surface area contributed by atoms with Crippen molar-refractivity contribution in [1.82, 2.24) is 4.90 Å². The van der Waals surface area contributed by atoms with Gasteiger partial charge in [0.2, 0.25) is 0 Å². The number of ether oxygens (including phenoxy) is 1. The summed E-state index contributed by atoms with van der Waals surface area (Å²) in [5, 5.41) is 0. The Balaban J connectivity index is 2.71. The summed E-state index contributed by atoms with van der Waals surface area (Å²) in [5.41, 5.74) is 0. The Morgan fingerprint density at radius 2 is 2.50 bits per heavy atom. The summed E-state index contributed by atoms with van der Waals surface area (Å²) in [7, 11) is 1.67. The van der Waals surface area contributed by atoms with E-state index in [1.165, 1.54) is 4.90 Å². The molecule has 0 N–H and O–H groups in total. The van der Waals surface area contributed by atoms with Crippen LogP contribution >= 0.6 is 0 Å². The van der Waals surface area contributed by atoms with Gasteiger partial charge in [-0.2, -0.15) is 0 Å². The minimum absolute atomic E-state index is 0.120. The molecule has 3 heteroatoms. The van der Waals surface area contributed by atoms with E-state index in [0.29, 0.717) is 6.73 Å². The highest BCUT2D eigenvalue weighted by Crippen LogP contribution is 2.07. The molecule has 0 radical (unpaired) electrons. The van der Waals surface area contributed by atoms with Crippen molar-refractivity contribution in [3.05, 3.63) is 12.3 Å².